The number of ether oxygens (including phenoxy) is 1. The maximum atomic E-state index is 6.47. The monoisotopic (exact) mass is 590 g/mol. The van der Waals surface area contributed by atoms with E-state index in [0.29, 0.717) is 0 Å². The number of anilines is 1. The number of fused-ring (bicyclic) bond motifs is 5. The van der Waals surface area contributed by atoms with E-state index in [1.54, 1.807) is 0 Å². The van der Waals surface area contributed by atoms with Crippen LogP contribution in [0.25, 0.3) is 28.2 Å². The molecule has 2 aliphatic heterocycles. The third-order valence-electron chi connectivity index (χ3n) is 9.44. The average molecular weight is 591 g/mol. The number of aromatic nitrogens is 1. The van der Waals surface area contributed by atoms with Crippen molar-refractivity contribution in [2.75, 3.05) is 5.32 Å². The maximum absolute atomic E-state index is 6.47. The number of benzene rings is 6. The van der Waals surface area contributed by atoms with E-state index in [-0.39, 0.29) is 6.04 Å². The first-order valence-electron chi connectivity index (χ1n) is 15.8. The smallest absolute Gasteiger partial charge is 0.132 e. The lowest BCUT2D eigenvalue weighted by Crippen LogP contribution is -2.34. The van der Waals surface area contributed by atoms with Crippen LogP contribution in [0.1, 0.15) is 39.4 Å². The van der Waals surface area contributed by atoms with E-state index in [4.69, 9.17) is 9.72 Å². The van der Waals surface area contributed by atoms with E-state index in [1.165, 1.54) is 16.7 Å². The van der Waals surface area contributed by atoms with Gasteiger partial charge in [0.15, 0.2) is 0 Å². The van der Waals surface area contributed by atoms with Gasteiger partial charge in [-0.05, 0) is 40.5 Å². The summed E-state index contributed by atoms with van der Waals surface area (Å²) in [6.45, 7) is 0. The zero-order valence-corrected chi connectivity index (χ0v) is 25.1. The van der Waals surface area contributed by atoms with Crippen molar-refractivity contribution in [3.8, 4) is 22.8 Å². The van der Waals surface area contributed by atoms with Gasteiger partial charge >= 0.3 is 0 Å². The standard InChI is InChI=1S/C43H30N2O/c1-3-11-29(12-4-1)37-27-23-31-19-20-32-24-28-38(45-42(32)41(31)44-37)30-21-25-34(26-22-30)43(33-13-5-2-6-14-33)35-15-7-9-17-39(35)46-40-18-10-8-16-36(40)43/h1-28,38,45H. The molecular formula is C43H30N2O. The molecule has 0 spiro atoms. The first-order valence-corrected chi connectivity index (χ1v) is 15.8. The summed E-state index contributed by atoms with van der Waals surface area (Å²) in [4.78, 5) is 5.14. The molecule has 1 unspecified atom stereocenters. The predicted molar refractivity (Wildman–Crippen MR) is 187 cm³/mol. The zero-order chi connectivity index (χ0) is 30.5. The van der Waals surface area contributed by atoms with Crippen molar-refractivity contribution in [2.24, 2.45) is 0 Å². The first-order chi connectivity index (χ1) is 22.8. The molecular weight excluding hydrogens is 560 g/mol. The lowest BCUT2D eigenvalue weighted by atomic mass is 9.63. The van der Waals surface area contributed by atoms with Gasteiger partial charge in [-0.3, -0.25) is 0 Å². The molecule has 7 aromatic rings. The lowest BCUT2D eigenvalue weighted by Gasteiger charge is -2.41. The number of para-hydroxylation sites is 2. The predicted octanol–water partition coefficient (Wildman–Crippen LogP) is 10.6. The molecule has 1 aromatic heterocycles. The molecule has 0 fully saturated rings. The summed E-state index contributed by atoms with van der Waals surface area (Å²) in [6.07, 6.45) is 4.47. The van der Waals surface area contributed by atoms with Gasteiger partial charge in [0.25, 0.3) is 0 Å². The Hall–Kier alpha value is -5.93. The number of pyridine rings is 1. The van der Waals surface area contributed by atoms with Crippen LogP contribution in [-0.2, 0) is 5.41 Å². The molecule has 0 saturated heterocycles. The van der Waals surface area contributed by atoms with Crippen molar-refractivity contribution in [3.05, 3.63) is 197 Å². The number of nitrogens with one attached hydrogen (secondary N) is 1. The molecule has 6 aromatic carbocycles. The fraction of sp³-hybridized carbons (Fsp3) is 0.0465. The van der Waals surface area contributed by atoms with Gasteiger partial charge in [0, 0.05) is 22.1 Å². The minimum atomic E-state index is -0.526. The Balaban J connectivity index is 1.15. The molecule has 1 N–H and O–H groups in total. The second-order valence-electron chi connectivity index (χ2n) is 12.0. The molecule has 3 nitrogen and oxygen atoms in total. The Morgan fingerprint density at radius 1 is 0.565 bits per heavy atom. The van der Waals surface area contributed by atoms with E-state index in [1.807, 2.05) is 18.2 Å². The van der Waals surface area contributed by atoms with Crippen LogP contribution in [0.3, 0.4) is 0 Å². The Morgan fingerprint density at radius 2 is 1.17 bits per heavy atom. The summed E-state index contributed by atoms with van der Waals surface area (Å²) in [7, 11) is 0. The van der Waals surface area contributed by atoms with Gasteiger partial charge in [0.05, 0.1) is 28.4 Å². The molecule has 0 radical (unpaired) electrons. The summed E-state index contributed by atoms with van der Waals surface area (Å²) in [5.41, 5.74) is 10.7. The van der Waals surface area contributed by atoms with Crippen molar-refractivity contribution in [2.45, 2.75) is 11.5 Å². The minimum absolute atomic E-state index is 0.0104. The van der Waals surface area contributed by atoms with Gasteiger partial charge in [-0.2, -0.15) is 0 Å². The van der Waals surface area contributed by atoms with Gasteiger partial charge in [-0.25, -0.2) is 4.98 Å². The maximum Gasteiger partial charge on any atom is 0.132 e. The van der Waals surface area contributed by atoms with E-state index in [2.05, 4.69) is 157 Å². The van der Waals surface area contributed by atoms with Crippen LogP contribution >= 0.6 is 0 Å². The van der Waals surface area contributed by atoms with Crippen molar-refractivity contribution in [1.82, 2.24) is 4.98 Å². The molecule has 3 heteroatoms. The molecule has 1 atom stereocenters. The zero-order valence-electron chi connectivity index (χ0n) is 25.1. The molecule has 3 heterocycles. The van der Waals surface area contributed by atoms with Crippen LogP contribution in [0.5, 0.6) is 11.5 Å². The minimum Gasteiger partial charge on any atom is -0.457 e. The lowest BCUT2D eigenvalue weighted by molar-refractivity contribution is 0.434. The van der Waals surface area contributed by atoms with Crippen molar-refractivity contribution in [1.29, 1.82) is 0 Å². The fourth-order valence-corrected chi connectivity index (χ4v) is 7.27. The molecule has 0 saturated carbocycles. The average Bonchev–Trinajstić information content (AvgIpc) is 3.14. The fourth-order valence-electron chi connectivity index (χ4n) is 7.27. The first kappa shape index (κ1) is 26.5. The summed E-state index contributed by atoms with van der Waals surface area (Å²) >= 11 is 0. The van der Waals surface area contributed by atoms with Crippen LogP contribution in [0, 0.1) is 0 Å². The summed E-state index contributed by atoms with van der Waals surface area (Å²) in [5.74, 6) is 1.77. The highest BCUT2D eigenvalue weighted by Gasteiger charge is 2.45. The van der Waals surface area contributed by atoms with Gasteiger partial charge in [0.2, 0.25) is 0 Å². The van der Waals surface area contributed by atoms with Crippen molar-refractivity contribution >= 4 is 22.7 Å². The second kappa shape index (κ2) is 10.6. The summed E-state index contributed by atoms with van der Waals surface area (Å²) in [6, 6.07) is 55.8. The number of hydrogen-bond donors (Lipinski definition) is 1. The molecule has 0 bridgehead atoms. The molecule has 2 aliphatic rings. The Bertz CT molecular complexity index is 2210. The van der Waals surface area contributed by atoms with Gasteiger partial charge in [-0.15, -0.1) is 0 Å². The van der Waals surface area contributed by atoms with Crippen molar-refractivity contribution in [3.63, 3.8) is 0 Å². The van der Waals surface area contributed by atoms with Crippen LogP contribution in [-0.4, -0.2) is 4.98 Å². The van der Waals surface area contributed by atoms with Gasteiger partial charge in [-0.1, -0.05) is 152 Å². The van der Waals surface area contributed by atoms with Crippen molar-refractivity contribution < 1.29 is 4.74 Å². The highest BCUT2D eigenvalue weighted by atomic mass is 16.5. The van der Waals surface area contributed by atoms with E-state index < -0.39 is 5.41 Å². The summed E-state index contributed by atoms with van der Waals surface area (Å²) < 4.78 is 6.47. The van der Waals surface area contributed by atoms with Gasteiger partial charge in [0.1, 0.15) is 11.5 Å². The van der Waals surface area contributed by atoms with Crippen LogP contribution < -0.4 is 10.1 Å². The molecule has 218 valence electrons. The molecule has 9 rings (SSSR count). The molecule has 0 aliphatic carbocycles. The van der Waals surface area contributed by atoms with Crippen LogP contribution in [0.15, 0.2) is 164 Å². The van der Waals surface area contributed by atoms with E-state index in [9.17, 15) is 0 Å². The topological polar surface area (TPSA) is 34.1 Å². The summed E-state index contributed by atoms with van der Waals surface area (Å²) in [5, 5.41) is 4.96. The van der Waals surface area contributed by atoms with Crippen LogP contribution in [0.2, 0.25) is 0 Å². The Labute approximate surface area is 268 Å². The highest BCUT2D eigenvalue weighted by Crippen LogP contribution is 2.55. The normalized spacial score (nSPS) is 15.6. The van der Waals surface area contributed by atoms with Gasteiger partial charge < -0.3 is 10.1 Å². The molecule has 0 amide bonds. The second-order valence-corrected chi connectivity index (χ2v) is 12.0. The Kier molecular flexibility index (Phi) is 6.10. The highest BCUT2D eigenvalue weighted by molar-refractivity contribution is 5.97. The third kappa shape index (κ3) is 4.09. The number of nitrogens with zero attached hydrogens (tertiary/aromatic N) is 1. The Morgan fingerprint density at radius 3 is 1.89 bits per heavy atom. The van der Waals surface area contributed by atoms with E-state index >= 15 is 0 Å². The quantitative estimate of drug-likeness (QED) is 0.221. The molecule has 46 heavy (non-hydrogen) atoms. The number of hydrogen-bond acceptors (Lipinski definition) is 3. The van der Waals surface area contributed by atoms with Crippen LogP contribution in [0.4, 0.5) is 5.69 Å². The third-order valence-corrected chi connectivity index (χ3v) is 9.44. The van der Waals surface area contributed by atoms with E-state index in [0.717, 1.165) is 56.0 Å². The SMILES string of the molecule is C1=CC(c2ccc(C3(c4ccccc4)c4ccccc4Oc4ccccc43)cc2)Nc2c1ccc1ccc(-c3ccccc3)nc21. The number of rotatable bonds is 4. The largest absolute Gasteiger partial charge is 0.457 e.